The van der Waals surface area contributed by atoms with Crippen molar-refractivity contribution in [2.45, 2.75) is 45.8 Å². The van der Waals surface area contributed by atoms with Crippen LogP contribution in [0.5, 0.6) is 0 Å². The van der Waals surface area contributed by atoms with Crippen LogP contribution in [0.25, 0.3) is 5.69 Å². The molecule has 29 heavy (non-hydrogen) atoms. The van der Waals surface area contributed by atoms with Crippen LogP contribution in [-0.2, 0) is 0 Å². The van der Waals surface area contributed by atoms with Crippen molar-refractivity contribution in [1.82, 2.24) is 19.8 Å². The van der Waals surface area contributed by atoms with Gasteiger partial charge in [-0.15, -0.1) is 0 Å². The Kier molecular flexibility index (Phi) is 5.13. The summed E-state index contributed by atoms with van der Waals surface area (Å²) in [5.41, 5.74) is 5.09. The first-order chi connectivity index (χ1) is 13.9. The first kappa shape index (κ1) is 19.6. The van der Waals surface area contributed by atoms with Gasteiger partial charge in [-0.3, -0.25) is 4.98 Å². The van der Waals surface area contributed by atoms with E-state index in [2.05, 4.69) is 53.5 Å². The summed E-state index contributed by atoms with van der Waals surface area (Å²) in [7, 11) is 0. The molecule has 6 heteroatoms. The Hall–Kier alpha value is -2.73. The fourth-order valence-corrected chi connectivity index (χ4v) is 4.81. The predicted molar refractivity (Wildman–Crippen MR) is 118 cm³/mol. The zero-order valence-corrected chi connectivity index (χ0v) is 17.9. The maximum atomic E-state index is 13.9. The molecule has 0 unspecified atom stereocenters. The summed E-state index contributed by atoms with van der Waals surface area (Å²) >= 11 is 5.69. The molecule has 1 aliphatic rings. The van der Waals surface area contributed by atoms with Gasteiger partial charge in [0.2, 0.25) is 0 Å². The number of nitrogens with zero attached hydrogens (tertiary/aromatic N) is 3. The van der Waals surface area contributed by atoms with Crippen molar-refractivity contribution in [3.63, 3.8) is 0 Å². The molecule has 4 nitrogen and oxygen atoms in total. The highest BCUT2D eigenvalue weighted by Crippen LogP contribution is 2.42. The van der Waals surface area contributed by atoms with Crippen molar-refractivity contribution < 1.29 is 4.39 Å². The zero-order valence-electron chi connectivity index (χ0n) is 17.1. The summed E-state index contributed by atoms with van der Waals surface area (Å²) in [6.07, 6.45) is 1.81. The number of hydrogen-bond acceptors (Lipinski definition) is 2. The van der Waals surface area contributed by atoms with Crippen LogP contribution in [-0.4, -0.2) is 25.6 Å². The standard InChI is InChI=1S/C23H25FN4S/c1-14(2)27-22(21(26-23(27)29)20-10-5-6-11-25-20)19-12-15(3)28(16(19)4)18-9-7-8-17(24)13-18/h5-14,21-22H,1-4H3,(H,26,29)/t21-,22-/m1/s1. The summed E-state index contributed by atoms with van der Waals surface area (Å²) in [4.78, 5) is 6.83. The molecule has 1 aromatic carbocycles. The molecule has 1 N–H and O–H groups in total. The van der Waals surface area contributed by atoms with Crippen LogP contribution >= 0.6 is 12.2 Å². The van der Waals surface area contributed by atoms with Gasteiger partial charge in [0.1, 0.15) is 5.82 Å². The molecule has 2 aromatic heterocycles. The van der Waals surface area contributed by atoms with E-state index in [4.69, 9.17) is 12.2 Å². The number of aryl methyl sites for hydroxylation is 1. The molecule has 0 aliphatic carbocycles. The summed E-state index contributed by atoms with van der Waals surface area (Å²) in [5, 5.41) is 4.21. The van der Waals surface area contributed by atoms with Crippen LogP contribution in [0.2, 0.25) is 0 Å². The topological polar surface area (TPSA) is 33.1 Å². The molecule has 0 bridgehead atoms. The van der Waals surface area contributed by atoms with E-state index in [1.54, 1.807) is 12.1 Å². The van der Waals surface area contributed by atoms with Crippen molar-refractivity contribution >= 4 is 17.3 Å². The van der Waals surface area contributed by atoms with Gasteiger partial charge < -0.3 is 14.8 Å². The quantitative estimate of drug-likeness (QED) is 0.615. The number of pyridine rings is 1. The fraction of sp³-hybridized carbons (Fsp3) is 0.304. The highest BCUT2D eigenvalue weighted by Gasteiger charge is 2.42. The van der Waals surface area contributed by atoms with Crippen LogP contribution in [0, 0.1) is 19.7 Å². The predicted octanol–water partition coefficient (Wildman–Crippen LogP) is 5.01. The zero-order chi connectivity index (χ0) is 20.7. The highest BCUT2D eigenvalue weighted by molar-refractivity contribution is 7.80. The van der Waals surface area contributed by atoms with Crippen LogP contribution < -0.4 is 5.32 Å². The smallest absolute Gasteiger partial charge is 0.170 e. The van der Waals surface area contributed by atoms with Gasteiger partial charge in [-0.25, -0.2) is 4.39 Å². The molecule has 150 valence electrons. The number of aromatic nitrogens is 2. The molecule has 4 rings (SSSR count). The van der Waals surface area contributed by atoms with Crippen molar-refractivity contribution in [3.8, 4) is 5.69 Å². The average Bonchev–Trinajstić information content (AvgIpc) is 3.18. The minimum absolute atomic E-state index is 0.00547. The summed E-state index contributed by atoms with van der Waals surface area (Å²) in [6.45, 7) is 8.43. The Morgan fingerprint density at radius 3 is 2.55 bits per heavy atom. The van der Waals surface area contributed by atoms with E-state index in [0.29, 0.717) is 0 Å². The Morgan fingerprint density at radius 1 is 1.10 bits per heavy atom. The van der Waals surface area contributed by atoms with Crippen LogP contribution in [0.3, 0.4) is 0 Å². The van der Waals surface area contributed by atoms with Crippen LogP contribution in [0.1, 0.15) is 48.6 Å². The normalized spacial score (nSPS) is 19.1. The molecule has 1 aliphatic heterocycles. The third kappa shape index (κ3) is 3.42. The van der Waals surface area contributed by atoms with E-state index in [0.717, 1.165) is 27.9 Å². The Morgan fingerprint density at radius 2 is 1.90 bits per heavy atom. The maximum Gasteiger partial charge on any atom is 0.170 e. The SMILES string of the molecule is Cc1cc([C@@H]2[C@@H](c3ccccn3)NC(=S)N2C(C)C)c(C)n1-c1cccc(F)c1. The lowest BCUT2D eigenvalue weighted by Crippen LogP contribution is -2.35. The van der Waals surface area contributed by atoms with Crippen molar-refractivity contribution in [3.05, 3.63) is 83.2 Å². The lowest BCUT2D eigenvalue weighted by atomic mass is 9.96. The van der Waals surface area contributed by atoms with Gasteiger partial charge in [0.25, 0.3) is 0 Å². The number of thiocarbonyl (C=S) groups is 1. The van der Waals surface area contributed by atoms with E-state index >= 15 is 0 Å². The van der Waals surface area contributed by atoms with Gasteiger partial charge in [0.05, 0.1) is 17.8 Å². The molecule has 3 aromatic rings. The van der Waals surface area contributed by atoms with Gasteiger partial charge in [0, 0.05) is 29.3 Å². The van der Waals surface area contributed by atoms with E-state index in [-0.39, 0.29) is 23.9 Å². The second-order valence-corrected chi connectivity index (χ2v) is 8.16. The number of benzene rings is 1. The van der Waals surface area contributed by atoms with Crippen LogP contribution in [0.4, 0.5) is 4.39 Å². The minimum atomic E-state index is -0.240. The molecule has 1 fully saturated rings. The van der Waals surface area contributed by atoms with Crippen molar-refractivity contribution in [2.24, 2.45) is 0 Å². The molecule has 3 heterocycles. The third-order valence-electron chi connectivity index (χ3n) is 5.55. The van der Waals surface area contributed by atoms with Gasteiger partial charge in [-0.2, -0.15) is 0 Å². The van der Waals surface area contributed by atoms with E-state index in [1.807, 2.05) is 30.5 Å². The largest absolute Gasteiger partial charge is 0.352 e. The van der Waals surface area contributed by atoms with Gasteiger partial charge in [0.15, 0.2) is 5.11 Å². The third-order valence-corrected chi connectivity index (χ3v) is 5.88. The molecular weight excluding hydrogens is 383 g/mol. The first-order valence-electron chi connectivity index (χ1n) is 9.83. The maximum absolute atomic E-state index is 13.9. The summed E-state index contributed by atoms with van der Waals surface area (Å²) in [6, 6.07) is 15.0. The summed E-state index contributed by atoms with van der Waals surface area (Å²) < 4.78 is 16.0. The number of nitrogens with one attached hydrogen (secondary N) is 1. The van der Waals surface area contributed by atoms with Gasteiger partial charge in [-0.1, -0.05) is 12.1 Å². The minimum Gasteiger partial charge on any atom is -0.352 e. The molecular formula is C23H25FN4S. The lowest BCUT2D eigenvalue weighted by molar-refractivity contribution is 0.269. The second-order valence-electron chi connectivity index (χ2n) is 7.77. The lowest BCUT2D eigenvalue weighted by Gasteiger charge is -2.31. The van der Waals surface area contributed by atoms with Crippen molar-refractivity contribution in [1.29, 1.82) is 0 Å². The summed E-state index contributed by atoms with van der Waals surface area (Å²) in [5.74, 6) is -0.240. The van der Waals surface area contributed by atoms with Crippen molar-refractivity contribution in [2.75, 3.05) is 0 Å². The van der Waals surface area contributed by atoms with E-state index in [9.17, 15) is 4.39 Å². The number of halogens is 1. The molecule has 0 radical (unpaired) electrons. The van der Waals surface area contributed by atoms with Gasteiger partial charge in [-0.05, 0) is 81.9 Å². The molecule has 2 atom stereocenters. The van der Waals surface area contributed by atoms with Crippen LogP contribution in [0.15, 0.2) is 54.7 Å². The molecule has 0 spiro atoms. The first-order valence-corrected chi connectivity index (χ1v) is 10.2. The van der Waals surface area contributed by atoms with Gasteiger partial charge >= 0.3 is 0 Å². The highest BCUT2D eigenvalue weighted by atomic mass is 32.1. The molecule has 1 saturated heterocycles. The monoisotopic (exact) mass is 408 g/mol. The van der Waals surface area contributed by atoms with E-state index in [1.165, 1.54) is 11.6 Å². The molecule has 0 amide bonds. The molecule has 0 saturated carbocycles. The average molecular weight is 409 g/mol. The number of rotatable bonds is 4. The second kappa shape index (κ2) is 7.59. The Balaban J connectivity index is 1.86. The Labute approximate surface area is 176 Å². The Bertz CT molecular complexity index is 1040. The van der Waals surface area contributed by atoms with E-state index < -0.39 is 0 Å². The number of hydrogen-bond donors (Lipinski definition) is 1. The fourth-order valence-electron chi connectivity index (χ4n) is 4.35.